The Morgan fingerprint density at radius 3 is 2.32 bits per heavy atom. The first-order valence-corrected chi connectivity index (χ1v) is 6.85. The van der Waals surface area contributed by atoms with Crippen molar-refractivity contribution in [1.82, 2.24) is 10.2 Å². The van der Waals surface area contributed by atoms with Gasteiger partial charge < -0.3 is 15.0 Å². The van der Waals surface area contributed by atoms with Gasteiger partial charge in [-0.3, -0.25) is 4.79 Å². The van der Waals surface area contributed by atoms with Gasteiger partial charge in [-0.1, -0.05) is 27.7 Å². The second kappa shape index (κ2) is 5.80. The highest BCUT2D eigenvalue weighted by Gasteiger charge is 2.42. The predicted molar refractivity (Wildman–Crippen MR) is 73.7 cm³/mol. The van der Waals surface area contributed by atoms with Gasteiger partial charge in [0.05, 0.1) is 7.11 Å². The lowest BCUT2D eigenvalue weighted by molar-refractivity contribution is -0.135. The van der Waals surface area contributed by atoms with Crippen molar-refractivity contribution in [3.8, 4) is 0 Å². The molecule has 5 heteroatoms. The van der Waals surface area contributed by atoms with Gasteiger partial charge in [0.2, 0.25) is 5.91 Å². The van der Waals surface area contributed by atoms with E-state index < -0.39 is 12.1 Å². The second-order valence-corrected chi connectivity index (χ2v) is 6.30. The zero-order valence-corrected chi connectivity index (χ0v) is 12.8. The Morgan fingerprint density at radius 1 is 1.37 bits per heavy atom. The van der Waals surface area contributed by atoms with E-state index in [1.54, 1.807) is 0 Å². The first-order chi connectivity index (χ1) is 8.70. The predicted octanol–water partition coefficient (Wildman–Crippen LogP) is 2.01. The van der Waals surface area contributed by atoms with E-state index >= 15 is 0 Å². The lowest BCUT2D eigenvalue weighted by Crippen LogP contribution is -2.53. The summed E-state index contributed by atoms with van der Waals surface area (Å²) >= 11 is 0. The summed E-state index contributed by atoms with van der Waals surface area (Å²) in [6.07, 6.45) is 0.432. The zero-order chi connectivity index (χ0) is 14.8. The van der Waals surface area contributed by atoms with Crippen LogP contribution in [0.4, 0.5) is 4.79 Å². The monoisotopic (exact) mass is 270 g/mol. The first-order valence-electron chi connectivity index (χ1n) is 6.85. The van der Waals surface area contributed by atoms with Gasteiger partial charge >= 0.3 is 6.09 Å². The number of likely N-dealkylation sites (tertiary alicyclic amines) is 1. The van der Waals surface area contributed by atoms with E-state index in [0.29, 0.717) is 0 Å². The molecule has 2 unspecified atom stereocenters. The van der Waals surface area contributed by atoms with Crippen LogP contribution in [0.25, 0.3) is 0 Å². The van der Waals surface area contributed by atoms with Crippen LogP contribution in [0, 0.1) is 11.3 Å². The fourth-order valence-corrected chi connectivity index (χ4v) is 2.41. The van der Waals surface area contributed by atoms with Crippen molar-refractivity contribution in [2.24, 2.45) is 11.3 Å². The van der Waals surface area contributed by atoms with Crippen LogP contribution in [0.2, 0.25) is 0 Å². The molecule has 0 aromatic carbocycles. The minimum absolute atomic E-state index is 0.0153. The SMILES string of the molecule is COC(=O)NC(C(=O)N1CCC(C)(C)C1C)C(C)C. The fraction of sp³-hybridized carbons (Fsp3) is 0.857. The van der Waals surface area contributed by atoms with Crippen molar-refractivity contribution < 1.29 is 14.3 Å². The zero-order valence-electron chi connectivity index (χ0n) is 12.8. The average Bonchev–Trinajstić information content (AvgIpc) is 2.60. The molecule has 1 N–H and O–H groups in total. The maximum atomic E-state index is 12.6. The molecule has 0 radical (unpaired) electrons. The van der Waals surface area contributed by atoms with Crippen molar-refractivity contribution in [2.45, 2.75) is 53.1 Å². The molecule has 110 valence electrons. The number of hydrogen-bond donors (Lipinski definition) is 1. The molecule has 1 saturated heterocycles. The minimum Gasteiger partial charge on any atom is -0.453 e. The van der Waals surface area contributed by atoms with Crippen molar-refractivity contribution in [3.05, 3.63) is 0 Å². The molecule has 1 heterocycles. The highest BCUT2D eigenvalue weighted by molar-refractivity contribution is 5.86. The van der Waals surface area contributed by atoms with Gasteiger partial charge in [-0.15, -0.1) is 0 Å². The highest BCUT2D eigenvalue weighted by Crippen LogP contribution is 2.36. The van der Waals surface area contributed by atoms with Crippen LogP contribution in [0.15, 0.2) is 0 Å². The number of ether oxygens (including phenoxy) is 1. The Bertz CT molecular complexity index is 353. The Hall–Kier alpha value is -1.26. The van der Waals surface area contributed by atoms with Crippen LogP contribution in [0.1, 0.15) is 41.0 Å². The summed E-state index contributed by atoms with van der Waals surface area (Å²) in [5, 5.41) is 2.64. The quantitative estimate of drug-likeness (QED) is 0.853. The van der Waals surface area contributed by atoms with Crippen molar-refractivity contribution >= 4 is 12.0 Å². The third-order valence-corrected chi connectivity index (χ3v) is 4.27. The van der Waals surface area contributed by atoms with E-state index in [2.05, 4.69) is 30.8 Å². The molecular weight excluding hydrogens is 244 g/mol. The summed E-state index contributed by atoms with van der Waals surface area (Å²) < 4.78 is 4.59. The minimum atomic E-state index is -0.557. The summed E-state index contributed by atoms with van der Waals surface area (Å²) in [5.41, 5.74) is 0.127. The molecule has 0 bridgehead atoms. The molecule has 0 aromatic heterocycles. The van der Waals surface area contributed by atoms with Gasteiger partial charge in [0.1, 0.15) is 6.04 Å². The van der Waals surface area contributed by atoms with E-state index in [0.717, 1.165) is 13.0 Å². The van der Waals surface area contributed by atoms with Crippen LogP contribution in [-0.2, 0) is 9.53 Å². The van der Waals surface area contributed by atoms with Crippen molar-refractivity contribution in [2.75, 3.05) is 13.7 Å². The number of alkyl carbamates (subject to hydrolysis) is 1. The third kappa shape index (κ3) is 3.39. The lowest BCUT2D eigenvalue weighted by atomic mass is 9.86. The number of methoxy groups -OCH3 is 1. The van der Waals surface area contributed by atoms with Crippen LogP contribution < -0.4 is 5.32 Å². The third-order valence-electron chi connectivity index (χ3n) is 4.27. The molecule has 19 heavy (non-hydrogen) atoms. The number of carbonyl (C=O) groups excluding carboxylic acids is 2. The van der Waals surface area contributed by atoms with Crippen molar-refractivity contribution in [3.63, 3.8) is 0 Å². The smallest absolute Gasteiger partial charge is 0.407 e. The average molecular weight is 270 g/mol. The molecule has 1 rings (SSSR count). The van der Waals surface area contributed by atoms with Crippen molar-refractivity contribution in [1.29, 1.82) is 0 Å². The molecular formula is C14H26N2O3. The first kappa shape index (κ1) is 15.8. The fourth-order valence-electron chi connectivity index (χ4n) is 2.41. The van der Waals surface area contributed by atoms with Gasteiger partial charge in [0, 0.05) is 12.6 Å². The topological polar surface area (TPSA) is 58.6 Å². The molecule has 0 saturated carbocycles. The van der Waals surface area contributed by atoms with Crippen LogP contribution >= 0.6 is 0 Å². The Kier molecular flexibility index (Phi) is 4.82. The summed E-state index contributed by atoms with van der Waals surface area (Å²) in [4.78, 5) is 25.8. The molecule has 0 spiro atoms. The molecule has 0 aliphatic carbocycles. The Balaban J connectivity index is 2.81. The van der Waals surface area contributed by atoms with E-state index in [9.17, 15) is 9.59 Å². The number of amides is 2. The summed E-state index contributed by atoms with van der Waals surface area (Å²) in [5.74, 6) is 0.0148. The van der Waals surface area contributed by atoms with Gasteiger partial charge in [-0.25, -0.2) is 4.79 Å². The van der Waals surface area contributed by atoms with E-state index in [1.165, 1.54) is 7.11 Å². The summed E-state index contributed by atoms with van der Waals surface area (Å²) in [7, 11) is 1.30. The van der Waals surface area contributed by atoms with Gasteiger partial charge in [-0.05, 0) is 24.7 Å². The largest absolute Gasteiger partial charge is 0.453 e. The number of nitrogens with zero attached hydrogens (tertiary/aromatic N) is 1. The number of hydrogen-bond acceptors (Lipinski definition) is 3. The Morgan fingerprint density at radius 2 is 1.95 bits per heavy atom. The Labute approximate surface area is 115 Å². The van der Waals surface area contributed by atoms with E-state index in [1.807, 2.05) is 18.7 Å². The van der Waals surface area contributed by atoms with E-state index in [-0.39, 0.29) is 23.3 Å². The normalized spacial score (nSPS) is 23.3. The van der Waals surface area contributed by atoms with Gasteiger partial charge in [0.15, 0.2) is 0 Å². The van der Waals surface area contributed by atoms with Gasteiger partial charge in [0.25, 0.3) is 0 Å². The van der Waals surface area contributed by atoms with E-state index in [4.69, 9.17) is 0 Å². The molecule has 2 atom stereocenters. The molecule has 5 nitrogen and oxygen atoms in total. The molecule has 2 amide bonds. The summed E-state index contributed by atoms with van der Waals surface area (Å²) in [6.45, 7) is 11.0. The number of rotatable bonds is 3. The highest BCUT2D eigenvalue weighted by atomic mass is 16.5. The summed E-state index contributed by atoms with van der Waals surface area (Å²) in [6, 6.07) is -0.343. The van der Waals surface area contributed by atoms with Crippen LogP contribution in [-0.4, -0.2) is 42.6 Å². The maximum Gasteiger partial charge on any atom is 0.407 e. The molecule has 1 aliphatic heterocycles. The number of carbonyl (C=O) groups is 2. The molecule has 1 fully saturated rings. The van der Waals surface area contributed by atoms with Gasteiger partial charge in [-0.2, -0.15) is 0 Å². The molecule has 1 aliphatic rings. The standard InChI is InChI=1S/C14H26N2O3/c1-9(2)11(15-13(18)19-6)12(17)16-8-7-14(4,5)10(16)3/h9-11H,7-8H2,1-6H3,(H,15,18). The molecule has 0 aromatic rings. The maximum absolute atomic E-state index is 12.6. The second-order valence-electron chi connectivity index (χ2n) is 6.30. The lowest BCUT2D eigenvalue weighted by Gasteiger charge is -2.33. The van der Waals surface area contributed by atoms with Crippen LogP contribution in [0.3, 0.4) is 0 Å². The van der Waals surface area contributed by atoms with Crippen LogP contribution in [0.5, 0.6) is 0 Å². The number of nitrogens with one attached hydrogen (secondary N) is 1.